The van der Waals surface area contributed by atoms with Crippen LogP contribution in [0.5, 0.6) is 11.5 Å². The van der Waals surface area contributed by atoms with Gasteiger partial charge in [0.05, 0.1) is 0 Å². The molecule has 2 aromatic carbocycles. The van der Waals surface area contributed by atoms with Gasteiger partial charge in [-0.15, -0.1) is 0 Å². The highest BCUT2D eigenvalue weighted by Crippen LogP contribution is 2.28. The summed E-state index contributed by atoms with van der Waals surface area (Å²) in [6.07, 6.45) is 4.84. The largest absolute Gasteiger partial charge is 0.457 e. The molecule has 0 amide bonds. The molecule has 24 heavy (non-hydrogen) atoms. The lowest BCUT2D eigenvalue weighted by atomic mass is 9.88. The molecule has 1 fully saturated rings. The second kappa shape index (κ2) is 8.20. The van der Waals surface area contributed by atoms with Crippen LogP contribution in [0.3, 0.4) is 0 Å². The highest BCUT2D eigenvalue weighted by Gasteiger charge is 2.26. The van der Waals surface area contributed by atoms with Crippen molar-refractivity contribution < 1.29 is 4.74 Å². The Labute approximate surface area is 145 Å². The lowest BCUT2D eigenvalue weighted by molar-refractivity contribution is 0.330. The minimum absolute atomic E-state index is 0.355. The summed E-state index contributed by atoms with van der Waals surface area (Å²) in [5, 5.41) is 0. The average molecular weight is 324 g/mol. The molecule has 3 heteroatoms. The van der Waals surface area contributed by atoms with Gasteiger partial charge in [0.2, 0.25) is 0 Å². The van der Waals surface area contributed by atoms with Crippen molar-refractivity contribution in [2.24, 2.45) is 11.7 Å². The lowest BCUT2D eigenvalue weighted by Crippen LogP contribution is -2.47. The van der Waals surface area contributed by atoms with Crippen molar-refractivity contribution in [2.45, 2.75) is 38.6 Å². The van der Waals surface area contributed by atoms with Crippen molar-refractivity contribution in [3.63, 3.8) is 0 Å². The molecule has 2 aromatic rings. The van der Waals surface area contributed by atoms with E-state index in [0.717, 1.165) is 31.0 Å². The maximum atomic E-state index is 6.32. The summed E-state index contributed by atoms with van der Waals surface area (Å²) in [4.78, 5) is 2.47. The minimum atomic E-state index is 0.355. The summed E-state index contributed by atoms with van der Waals surface area (Å²) in [5.41, 5.74) is 7.59. The molecule has 0 bridgehead atoms. The molecule has 0 aliphatic carbocycles. The van der Waals surface area contributed by atoms with Gasteiger partial charge in [-0.05, 0) is 55.2 Å². The van der Waals surface area contributed by atoms with Crippen LogP contribution in [0.25, 0.3) is 0 Å². The van der Waals surface area contributed by atoms with Gasteiger partial charge in [-0.1, -0.05) is 38.0 Å². The third-order valence-electron chi connectivity index (χ3n) is 4.90. The van der Waals surface area contributed by atoms with Gasteiger partial charge in [0.1, 0.15) is 11.5 Å². The van der Waals surface area contributed by atoms with E-state index in [9.17, 15) is 0 Å². The molecule has 1 aliphatic heterocycles. The Morgan fingerprint density at radius 2 is 1.75 bits per heavy atom. The van der Waals surface area contributed by atoms with Crippen LogP contribution in [0.4, 0.5) is 5.69 Å². The molecule has 128 valence electrons. The van der Waals surface area contributed by atoms with E-state index >= 15 is 0 Å². The predicted molar refractivity (Wildman–Crippen MR) is 101 cm³/mol. The van der Waals surface area contributed by atoms with Crippen LogP contribution >= 0.6 is 0 Å². The van der Waals surface area contributed by atoms with Crippen molar-refractivity contribution in [1.29, 1.82) is 0 Å². The molecule has 3 nitrogen and oxygen atoms in total. The van der Waals surface area contributed by atoms with Gasteiger partial charge in [0, 0.05) is 24.8 Å². The zero-order valence-electron chi connectivity index (χ0n) is 14.5. The molecule has 3 rings (SSSR count). The van der Waals surface area contributed by atoms with Gasteiger partial charge >= 0.3 is 0 Å². The van der Waals surface area contributed by atoms with Gasteiger partial charge in [-0.3, -0.25) is 0 Å². The number of piperidine rings is 1. The first-order valence-electron chi connectivity index (χ1n) is 9.09. The molecule has 0 spiro atoms. The van der Waals surface area contributed by atoms with Crippen molar-refractivity contribution in [3.8, 4) is 11.5 Å². The Bertz CT molecular complexity index is 611. The van der Waals surface area contributed by atoms with Gasteiger partial charge < -0.3 is 15.4 Å². The van der Waals surface area contributed by atoms with E-state index in [4.69, 9.17) is 10.5 Å². The van der Waals surface area contributed by atoms with E-state index in [1.165, 1.54) is 24.9 Å². The Hall–Kier alpha value is -2.00. The van der Waals surface area contributed by atoms with Crippen LogP contribution in [0, 0.1) is 5.92 Å². The summed E-state index contributed by atoms with van der Waals surface area (Å²) in [6, 6.07) is 18.7. The highest BCUT2D eigenvalue weighted by atomic mass is 16.5. The predicted octanol–water partition coefficient (Wildman–Crippen LogP) is 4.82. The fourth-order valence-corrected chi connectivity index (χ4v) is 3.41. The zero-order valence-corrected chi connectivity index (χ0v) is 14.5. The third kappa shape index (κ3) is 4.30. The summed E-state index contributed by atoms with van der Waals surface area (Å²) in [6.45, 7) is 4.36. The molecule has 2 N–H and O–H groups in total. The Kier molecular flexibility index (Phi) is 5.76. The van der Waals surface area contributed by atoms with E-state index in [1.807, 2.05) is 30.3 Å². The molecular formula is C21H28N2O. The maximum Gasteiger partial charge on any atom is 0.127 e. The lowest BCUT2D eigenvalue weighted by Gasteiger charge is -2.38. The van der Waals surface area contributed by atoms with Gasteiger partial charge in [0.25, 0.3) is 0 Å². The average Bonchev–Trinajstić information content (AvgIpc) is 2.63. The molecular weight excluding hydrogens is 296 g/mol. The van der Waals surface area contributed by atoms with Gasteiger partial charge in [-0.2, -0.15) is 0 Å². The summed E-state index contributed by atoms with van der Waals surface area (Å²) < 4.78 is 5.87. The van der Waals surface area contributed by atoms with E-state index in [2.05, 4.69) is 36.1 Å². The topological polar surface area (TPSA) is 38.5 Å². The maximum absolute atomic E-state index is 6.32. The number of hydrogen-bond acceptors (Lipinski definition) is 3. The quantitative estimate of drug-likeness (QED) is 0.827. The molecule has 1 saturated heterocycles. The monoisotopic (exact) mass is 324 g/mol. The van der Waals surface area contributed by atoms with Crippen LogP contribution in [0.2, 0.25) is 0 Å². The summed E-state index contributed by atoms with van der Waals surface area (Å²) in [7, 11) is 0. The number of para-hydroxylation sites is 1. The first kappa shape index (κ1) is 16.8. The molecule has 0 unspecified atom stereocenters. The van der Waals surface area contributed by atoms with Crippen molar-refractivity contribution in [3.05, 3.63) is 54.6 Å². The van der Waals surface area contributed by atoms with Crippen LogP contribution < -0.4 is 15.4 Å². The van der Waals surface area contributed by atoms with Crippen molar-refractivity contribution in [2.75, 3.05) is 18.0 Å². The number of benzene rings is 2. The van der Waals surface area contributed by atoms with Gasteiger partial charge in [-0.25, -0.2) is 0 Å². The standard InChI is InChI=1S/C21H28N2O/c1-2-3-7-17-16-23(15-14-21(17)22)18-10-12-20(13-11-18)24-19-8-5-4-6-9-19/h4-6,8-13,17,21H,2-3,7,14-16,22H2,1H3/t17-,21-/m0/s1. The second-order valence-corrected chi connectivity index (χ2v) is 6.71. The Balaban J connectivity index is 1.62. The van der Waals surface area contributed by atoms with Crippen LogP contribution in [-0.2, 0) is 0 Å². The number of rotatable bonds is 6. The first-order chi connectivity index (χ1) is 11.8. The molecule has 0 radical (unpaired) electrons. The number of hydrogen-bond donors (Lipinski definition) is 1. The van der Waals surface area contributed by atoms with Crippen molar-refractivity contribution >= 4 is 5.69 Å². The third-order valence-corrected chi connectivity index (χ3v) is 4.90. The fourth-order valence-electron chi connectivity index (χ4n) is 3.41. The van der Waals surface area contributed by atoms with Crippen LogP contribution in [0.1, 0.15) is 32.6 Å². The smallest absolute Gasteiger partial charge is 0.127 e. The van der Waals surface area contributed by atoms with E-state index < -0.39 is 0 Å². The number of ether oxygens (including phenoxy) is 1. The van der Waals surface area contributed by atoms with E-state index in [0.29, 0.717) is 12.0 Å². The summed E-state index contributed by atoms with van der Waals surface area (Å²) in [5.74, 6) is 2.36. The van der Waals surface area contributed by atoms with E-state index in [-0.39, 0.29) is 0 Å². The normalized spacial score (nSPS) is 20.8. The van der Waals surface area contributed by atoms with Crippen LogP contribution in [0.15, 0.2) is 54.6 Å². The number of nitrogens with zero attached hydrogens (tertiary/aromatic N) is 1. The molecule has 2 atom stereocenters. The zero-order chi connectivity index (χ0) is 16.8. The SMILES string of the molecule is CCCC[C@H]1CN(c2ccc(Oc3ccccc3)cc2)CC[C@@H]1N. The van der Waals surface area contributed by atoms with E-state index in [1.54, 1.807) is 0 Å². The summed E-state index contributed by atoms with van der Waals surface area (Å²) >= 11 is 0. The minimum Gasteiger partial charge on any atom is -0.457 e. The number of nitrogens with two attached hydrogens (primary N) is 1. The number of unbranched alkanes of at least 4 members (excludes halogenated alkanes) is 1. The van der Waals surface area contributed by atoms with Crippen molar-refractivity contribution in [1.82, 2.24) is 0 Å². The molecule has 1 aliphatic rings. The fraction of sp³-hybridized carbons (Fsp3) is 0.429. The Morgan fingerprint density at radius 3 is 2.46 bits per heavy atom. The molecule has 0 saturated carbocycles. The van der Waals surface area contributed by atoms with Crippen LogP contribution in [-0.4, -0.2) is 19.1 Å². The highest BCUT2D eigenvalue weighted by molar-refractivity contribution is 5.50. The Morgan fingerprint density at radius 1 is 1.04 bits per heavy atom. The molecule has 1 heterocycles. The first-order valence-corrected chi connectivity index (χ1v) is 9.09. The number of anilines is 1. The molecule has 0 aromatic heterocycles. The van der Waals surface area contributed by atoms with Gasteiger partial charge in [0.15, 0.2) is 0 Å². The second-order valence-electron chi connectivity index (χ2n) is 6.71.